The van der Waals surface area contributed by atoms with E-state index in [1.165, 1.54) is 65.4 Å². The van der Waals surface area contributed by atoms with Gasteiger partial charge in [-0.05, 0) is 84.1 Å². The molecule has 0 radical (unpaired) electrons. The standard InChI is InChI=1S/C32H35NO2/c1-24-23-27(15-18-31(24)35-22-21-33-19-6-3-7-20-33)32(26-13-16-28(34-2)17-14-26)30-12-8-10-25-9-4-5-11-29(25)30/h4-5,8-18,23,32H,3,6-7,19-22H2,1-2H3. The van der Waals surface area contributed by atoms with Crippen molar-refractivity contribution in [1.29, 1.82) is 0 Å². The minimum atomic E-state index is 0.119. The van der Waals surface area contributed by atoms with E-state index >= 15 is 0 Å². The monoisotopic (exact) mass is 465 g/mol. The van der Waals surface area contributed by atoms with Crippen molar-refractivity contribution in [2.75, 3.05) is 33.4 Å². The summed E-state index contributed by atoms with van der Waals surface area (Å²) >= 11 is 0. The number of ether oxygens (including phenoxy) is 2. The van der Waals surface area contributed by atoms with Gasteiger partial charge in [-0.1, -0.05) is 73.2 Å². The van der Waals surface area contributed by atoms with Crippen LogP contribution in [0.3, 0.4) is 0 Å². The Labute approximate surface area is 209 Å². The van der Waals surface area contributed by atoms with E-state index < -0.39 is 0 Å². The first-order valence-corrected chi connectivity index (χ1v) is 12.8. The van der Waals surface area contributed by atoms with Gasteiger partial charge < -0.3 is 9.47 Å². The van der Waals surface area contributed by atoms with Crippen molar-refractivity contribution in [1.82, 2.24) is 4.90 Å². The average Bonchev–Trinajstić information content (AvgIpc) is 2.91. The molecule has 1 unspecified atom stereocenters. The van der Waals surface area contributed by atoms with Gasteiger partial charge in [0.15, 0.2) is 0 Å². The Bertz CT molecular complexity index is 1250. The molecule has 35 heavy (non-hydrogen) atoms. The molecule has 4 aromatic rings. The molecule has 4 aromatic carbocycles. The maximum atomic E-state index is 6.23. The number of methoxy groups -OCH3 is 1. The van der Waals surface area contributed by atoms with Gasteiger partial charge in [0.1, 0.15) is 18.1 Å². The number of hydrogen-bond acceptors (Lipinski definition) is 3. The van der Waals surface area contributed by atoms with E-state index in [4.69, 9.17) is 9.47 Å². The fraction of sp³-hybridized carbons (Fsp3) is 0.312. The number of fused-ring (bicyclic) bond motifs is 1. The lowest BCUT2D eigenvalue weighted by molar-refractivity contribution is 0.183. The van der Waals surface area contributed by atoms with E-state index in [0.717, 1.165) is 24.7 Å². The molecule has 0 N–H and O–H groups in total. The highest BCUT2D eigenvalue weighted by atomic mass is 16.5. The van der Waals surface area contributed by atoms with E-state index in [-0.39, 0.29) is 5.92 Å². The predicted molar refractivity (Wildman–Crippen MR) is 145 cm³/mol. The van der Waals surface area contributed by atoms with Crippen molar-refractivity contribution in [3.8, 4) is 11.5 Å². The molecular weight excluding hydrogens is 430 g/mol. The van der Waals surface area contributed by atoms with Crippen LogP contribution >= 0.6 is 0 Å². The fourth-order valence-electron chi connectivity index (χ4n) is 5.33. The Morgan fingerprint density at radius 1 is 0.800 bits per heavy atom. The van der Waals surface area contributed by atoms with Crippen LogP contribution in [0.1, 0.15) is 47.4 Å². The summed E-state index contributed by atoms with van der Waals surface area (Å²) in [6.45, 7) is 6.32. The van der Waals surface area contributed by atoms with Crippen LogP contribution in [0, 0.1) is 6.92 Å². The zero-order valence-electron chi connectivity index (χ0n) is 20.9. The third kappa shape index (κ3) is 5.36. The fourth-order valence-corrected chi connectivity index (χ4v) is 5.33. The molecule has 3 heteroatoms. The molecule has 0 spiro atoms. The predicted octanol–water partition coefficient (Wildman–Crippen LogP) is 7.20. The lowest BCUT2D eigenvalue weighted by Crippen LogP contribution is -2.33. The average molecular weight is 466 g/mol. The van der Waals surface area contributed by atoms with Gasteiger partial charge in [-0.15, -0.1) is 0 Å². The lowest BCUT2D eigenvalue weighted by Gasteiger charge is -2.26. The highest BCUT2D eigenvalue weighted by Gasteiger charge is 2.20. The topological polar surface area (TPSA) is 21.7 Å². The molecule has 0 aliphatic carbocycles. The van der Waals surface area contributed by atoms with Crippen LogP contribution in [-0.4, -0.2) is 38.3 Å². The SMILES string of the molecule is COc1ccc(C(c2ccc(OCCN3CCCCC3)c(C)c2)c2cccc3ccccc23)cc1. The van der Waals surface area contributed by atoms with Crippen LogP contribution in [0.5, 0.6) is 11.5 Å². The second-order valence-electron chi connectivity index (χ2n) is 9.55. The summed E-state index contributed by atoms with van der Waals surface area (Å²) in [6, 6.07) is 30.4. The quantitative estimate of drug-likeness (QED) is 0.257. The van der Waals surface area contributed by atoms with E-state index in [1.54, 1.807) is 7.11 Å². The van der Waals surface area contributed by atoms with E-state index in [2.05, 4.69) is 96.8 Å². The first kappa shape index (κ1) is 23.4. The number of aryl methyl sites for hydroxylation is 1. The molecule has 0 amide bonds. The Balaban J connectivity index is 1.46. The number of hydrogen-bond donors (Lipinski definition) is 0. The van der Waals surface area contributed by atoms with Crippen LogP contribution in [0.15, 0.2) is 84.9 Å². The molecule has 180 valence electrons. The molecule has 5 rings (SSSR count). The maximum absolute atomic E-state index is 6.23. The molecular formula is C32H35NO2. The van der Waals surface area contributed by atoms with Crippen LogP contribution in [-0.2, 0) is 0 Å². The van der Waals surface area contributed by atoms with Crippen LogP contribution in [0.25, 0.3) is 10.8 Å². The third-order valence-corrected chi connectivity index (χ3v) is 7.23. The highest BCUT2D eigenvalue weighted by molar-refractivity contribution is 5.87. The van der Waals surface area contributed by atoms with Gasteiger partial charge >= 0.3 is 0 Å². The molecule has 1 heterocycles. The first-order valence-electron chi connectivity index (χ1n) is 12.8. The van der Waals surface area contributed by atoms with Gasteiger partial charge in [-0.3, -0.25) is 4.90 Å². The summed E-state index contributed by atoms with van der Waals surface area (Å²) in [5.41, 5.74) is 5.01. The highest BCUT2D eigenvalue weighted by Crippen LogP contribution is 2.38. The molecule has 1 aliphatic rings. The summed E-state index contributed by atoms with van der Waals surface area (Å²) in [4.78, 5) is 2.52. The van der Waals surface area contributed by atoms with Gasteiger partial charge in [0.2, 0.25) is 0 Å². The Hall–Kier alpha value is -3.30. The van der Waals surface area contributed by atoms with Crippen LogP contribution in [0.4, 0.5) is 0 Å². The van der Waals surface area contributed by atoms with E-state index in [1.807, 2.05) is 0 Å². The van der Waals surface area contributed by atoms with Gasteiger partial charge in [-0.25, -0.2) is 0 Å². The van der Waals surface area contributed by atoms with Crippen molar-refractivity contribution in [3.05, 3.63) is 107 Å². The molecule has 0 saturated carbocycles. The number of likely N-dealkylation sites (tertiary alicyclic amines) is 1. The van der Waals surface area contributed by atoms with Crippen molar-refractivity contribution >= 4 is 10.8 Å². The first-order chi connectivity index (χ1) is 17.2. The maximum Gasteiger partial charge on any atom is 0.122 e. The van der Waals surface area contributed by atoms with Crippen molar-refractivity contribution in [2.24, 2.45) is 0 Å². The second kappa shape index (κ2) is 11.0. The largest absolute Gasteiger partial charge is 0.497 e. The molecule has 1 saturated heterocycles. The minimum Gasteiger partial charge on any atom is -0.497 e. The summed E-state index contributed by atoms with van der Waals surface area (Å²) in [5, 5.41) is 2.55. The summed E-state index contributed by atoms with van der Waals surface area (Å²) < 4.78 is 11.7. The van der Waals surface area contributed by atoms with Crippen LogP contribution < -0.4 is 9.47 Å². The van der Waals surface area contributed by atoms with Gasteiger partial charge in [0.25, 0.3) is 0 Å². The van der Waals surface area contributed by atoms with Gasteiger partial charge in [-0.2, -0.15) is 0 Å². The second-order valence-corrected chi connectivity index (χ2v) is 9.55. The van der Waals surface area contributed by atoms with E-state index in [0.29, 0.717) is 0 Å². The van der Waals surface area contributed by atoms with Crippen molar-refractivity contribution < 1.29 is 9.47 Å². The molecule has 1 fully saturated rings. The third-order valence-electron chi connectivity index (χ3n) is 7.23. The van der Waals surface area contributed by atoms with Crippen molar-refractivity contribution in [3.63, 3.8) is 0 Å². The smallest absolute Gasteiger partial charge is 0.122 e. The Morgan fingerprint density at radius 3 is 2.31 bits per heavy atom. The van der Waals surface area contributed by atoms with E-state index in [9.17, 15) is 0 Å². The summed E-state index contributed by atoms with van der Waals surface area (Å²) in [6.07, 6.45) is 3.99. The zero-order chi connectivity index (χ0) is 24.0. The van der Waals surface area contributed by atoms with Gasteiger partial charge in [0, 0.05) is 12.5 Å². The molecule has 0 bridgehead atoms. The molecule has 0 aromatic heterocycles. The Kier molecular flexibility index (Phi) is 7.34. The van der Waals surface area contributed by atoms with Crippen LogP contribution in [0.2, 0.25) is 0 Å². The lowest BCUT2D eigenvalue weighted by atomic mass is 9.82. The summed E-state index contributed by atoms with van der Waals surface area (Å²) in [7, 11) is 1.71. The normalized spacial score (nSPS) is 15.1. The molecule has 3 nitrogen and oxygen atoms in total. The number of piperidine rings is 1. The Morgan fingerprint density at radius 2 is 1.54 bits per heavy atom. The zero-order valence-corrected chi connectivity index (χ0v) is 20.9. The molecule has 1 aliphatic heterocycles. The number of rotatable bonds is 8. The molecule has 1 atom stereocenters. The number of benzene rings is 4. The summed E-state index contributed by atoms with van der Waals surface area (Å²) in [5.74, 6) is 1.98. The minimum absolute atomic E-state index is 0.119. The number of nitrogens with zero attached hydrogens (tertiary/aromatic N) is 1. The van der Waals surface area contributed by atoms with Crippen molar-refractivity contribution in [2.45, 2.75) is 32.1 Å². The van der Waals surface area contributed by atoms with Gasteiger partial charge in [0.05, 0.1) is 7.11 Å².